The van der Waals surface area contributed by atoms with Crippen LogP contribution in [0.25, 0.3) is 10.9 Å². The van der Waals surface area contributed by atoms with Crippen LogP contribution in [-0.2, 0) is 21.6 Å². The van der Waals surface area contributed by atoms with Crippen LogP contribution in [0.4, 0.5) is 0 Å². The van der Waals surface area contributed by atoms with Gasteiger partial charge >= 0.3 is 5.97 Å². The summed E-state index contributed by atoms with van der Waals surface area (Å²) in [5.74, 6) is -0.311. The predicted octanol–water partition coefficient (Wildman–Crippen LogP) is 2.70. The Morgan fingerprint density at radius 3 is 2.71 bits per heavy atom. The van der Waals surface area contributed by atoms with Crippen molar-refractivity contribution in [2.24, 2.45) is 0 Å². The molecule has 2 heterocycles. The number of para-hydroxylation sites is 1. The van der Waals surface area contributed by atoms with Crippen molar-refractivity contribution in [3.63, 3.8) is 0 Å². The highest BCUT2D eigenvalue weighted by molar-refractivity contribution is 5.86. The minimum Gasteiger partial charge on any atom is -0.460 e. The summed E-state index contributed by atoms with van der Waals surface area (Å²) in [6, 6.07) is 14.8. The van der Waals surface area contributed by atoms with E-state index in [0.29, 0.717) is 5.56 Å². The molecule has 120 valence electrons. The molecule has 0 aliphatic heterocycles. The summed E-state index contributed by atoms with van der Waals surface area (Å²) in [7, 11) is 0. The molecule has 0 unspecified atom stereocenters. The molecule has 0 spiro atoms. The molecule has 1 saturated carbocycles. The van der Waals surface area contributed by atoms with Crippen LogP contribution in [0.2, 0.25) is 0 Å². The van der Waals surface area contributed by atoms with Crippen LogP contribution in [0.3, 0.4) is 0 Å². The first-order valence-corrected chi connectivity index (χ1v) is 7.89. The third-order valence-corrected chi connectivity index (χ3v) is 4.49. The topological polar surface area (TPSA) is 72.1 Å². The molecule has 1 fully saturated rings. The number of benzene rings is 1. The van der Waals surface area contributed by atoms with Gasteiger partial charge in [-0.2, -0.15) is 0 Å². The number of carbonyl (C=O) groups excluding carboxylic acids is 1. The Bertz CT molecular complexity index is 959. The zero-order valence-electron chi connectivity index (χ0n) is 13.0. The Hall–Kier alpha value is -2.95. The van der Waals surface area contributed by atoms with Crippen molar-refractivity contribution >= 4 is 16.9 Å². The molecule has 5 nitrogen and oxygen atoms in total. The van der Waals surface area contributed by atoms with E-state index in [1.807, 2.05) is 42.5 Å². The van der Waals surface area contributed by atoms with Crippen molar-refractivity contribution < 1.29 is 9.53 Å². The van der Waals surface area contributed by atoms with E-state index < -0.39 is 5.41 Å². The number of ether oxygens (including phenoxy) is 1. The number of pyridine rings is 2. The molecule has 1 aromatic carbocycles. The smallest absolute Gasteiger partial charge is 0.318 e. The molecule has 0 amide bonds. The highest BCUT2D eigenvalue weighted by atomic mass is 16.5. The van der Waals surface area contributed by atoms with Crippen LogP contribution in [0, 0.1) is 0 Å². The van der Waals surface area contributed by atoms with E-state index in [4.69, 9.17) is 4.74 Å². The number of aromatic amines is 1. The first-order valence-electron chi connectivity index (χ1n) is 7.89. The number of hydrogen-bond acceptors (Lipinski definition) is 4. The number of nitrogens with one attached hydrogen (secondary N) is 1. The predicted molar refractivity (Wildman–Crippen MR) is 89.5 cm³/mol. The number of nitrogens with zero attached hydrogens (tertiary/aromatic N) is 1. The molecule has 5 heteroatoms. The van der Waals surface area contributed by atoms with E-state index >= 15 is 0 Å². The summed E-state index contributed by atoms with van der Waals surface area (Å²) in [5, 5.41) is 0.911. The highest BCUT2D eigenvalue weighted by Crippen LogP contribution is 2.48. The standard InChI is InChI=1S/C19H16N2O3/c22-17-14(11-13-5-1-2-6-15(13)21-17)12-24-18(23)19(8-9-19)16-7-3-4-10-20-16/h1-7,10-11H,8-9,12H2,(H,21,22). The van der Waals surface area contributed by atoms with Crippen molar-refractivity contribution in [3.05, 3.63) is 76.3 Å². The second-order valence-electron chi connectivity index (χ2n) is 6.08. The lowest BCUT2D eigenvalue weighted by molar-refractivity contribution is -0.148. The third-order valence-electron chi connectivity index (χ3n) is 4.49. The van der Waals surface area contributed by atoms with Gasteiger partial charge in [-0.25, -0.2) is 0 Å². The van der Waals surface area contributed by atoms with Gasteiger partial charge in [-0.1, -0.05) is 24.3 Å². The highest BCUT2D eigenvalue weighted by Gasteiger charge is 2.54. The summed E-state index contributed by atoms with van der Waals surface area (Å²) >= 11 is 0. The quantitative estimate of drug-likeness (QED) is 0.750. The summed E-state index contributed by atoms with van der Waals surface area (Å²) in [6.45, 7) is -0.0341. The van der Waals surface area contributed by atoms with Crippen molar-refractivity contribution in [3.8, 4) is 0 Å². The van der Waals surface area contributed by atoms with Gasteiger partial charge in [0.05, 0.1) is 11.3 Å². The molecule has 4 rings (SSSR count). The Balaban J connectivity index is 1.54. The normalized spacial score (nSPS) is 15.2. The van der Waals surface area contributed by atoms with Gasteiger partial charge in [-0.05, 0) is 42.5 Å². The van der Waals surface area contributed by atoms with E-state index in [-0.39, 0.29) is 18.1 Å². The first kappa shape index (κ1) is 14.6. The summed E-state index contributed by atoms with van der Waals surface area (Å²) in [6.07, 6.45) is 3.14. The molecule has 1 aliphatic rings. The molecule has 2 aromatic heterocycles. The molecule has 1 aliphatic carbocycles. The van der Waals surface area contributed by atoms with Crippen LogP contribution in [-0.4, -0.2) is 15.9 Å². The molecule has 0 atom stereocenters. The molecular formula is C19H16N2O3. The SMILES string of the molecule is O=C(OCc1cc2ccccc2[nH]c1=O)C1(c2ccccn2)CC1. The zero-order valence-corrected chi connectivity index (χ0v) is 13.0. The Morgan fingerprint density at radius 1 is 1.17 bits per heavy atom. The van der Waals surface area contributed by atoms with Gasteiger partial charge in [0.15, 0.2) is 0 Å². The minimum absolute atomic E-state index is 0.0341. The van der Waals surface area contributed by atoms with E-state index in [2.05, 4.69) is 9.97 Å². The van der Waals surface area contributed by atoms with Crippen molar-refractivity contribution in [1.82, 2.24) is 9.97 Å². The molecule has 0 radical (unpaired) electrons. The van der Waals surface area contributed by atoms with E-state index in [1.165, 1.54) is 0 Å². The fourth-order valence-electron chi connectivity index (χ4n) is 2.92. The molecule has 1 N–H and O–H groups in total. The van der Waals surface area contributed by atoms with Crippen LogP contribution in [0.5, 0.6) is 0 Å². The summed E-state index contributed by atoms with van der Waals surface area (Å²) in [4.78, 5) is 31.7. The maximum atomic E-state index is 12.5. The second-order valence-corrected chi connectivity index (χ2v) is 6.08. The number of aromatic nitrogens is 2. The monoisotopic (exact) mass is 320 g/mol. The number of hydrogen-bond donors (Lipinski definition) is 1. The fourth-order valence-corrected chi connectivity index (χ4v) is 2.92. The average Bonchev–Trinajstić information content (AvgIpc) is 3.42. The lowest BCUT2D eigenvalue weighted by atomic mass is 10.0. The molecule has 24 heavy (non-hydrogen) atoms. The summed E-state index contributed by atoms with van der Waals surface area (Å²) in [5.41, 5.74) is 1.08. The first-order chi connectivity index (χ1) is 11.7. The van der Waals surface area contributed by atoms with Crippen molar-refractivity contribution in [1.29, 1.82) is 0 Å². The number of rotatable bonds is 4. The van der Waals surface area contributed by atoms with Gasteiger partial charge in [-0.3, -0.25) is 14.6 Å². The number of fused-ring (bicyclic) bond motifs is 1. The van der Waals surface area contributed by atoms with Crippen molar-refractivity contribution in [2.45, 2.75) is 24.9 Å². The zero-order chi connectivity index (χ0) is 16.6. The van der Waals surface area contributed by atoms with Crippen LogP contribution in [0.1, 0.15) is 24.1 Å². The minimum atomic E-state index is -0.634. The Kier molecular flexibility index (Phi) is 3.41. The van der Waals surface area contributed by atoms with Gasteiger partial charge in [0.1, 0.15) is 12.0 Å². The van der Waals surface area contributed by atoms with Crippen LogP contribution < -0.4 is 5.56 Å². The molecule has 3 aromatic rings. The third kappa shape index (κ3) is 2.48. The second kappa shape index (κ2) is 5.60. The Labute approximate surface area is 138 Å². The molecule has 0 bridgehead atoms. The number of carbonyl (C=O) groups is 1. The number of H-pyrrole nitrogens is 1. The summed E-state index contributed by atoms with van der Waals surface area (Å²) < 4.78 is 5.44. The lowest BCUT2D eigenvalue weighted by Gasteiger charge is -2.13. The van der Waals surface area contributed by atoms with Crippen LogP contribution >= 0.6 is 0 Å². The van der Waals surface area contributed by atoms with E-state index in [0.717, 1.165) is 29.4 Å². The molecule has 0 saturated heterocycles. The van der Waals surface area contributed by atoms with Gasteiger partial charge in [0, 0.05) is 11.7 Å². The lowest BCUT2D eigenvalue weighted by Crippen LogP contribution is -2.25. The maximum absolute atomic E-state index is 12.5. The Morgan fingerprint density at radius 2 is 1.96 bits per heavy atom. The van der Waals surface area contributed by atoms with E-state index in [9.17, 15) is 9.59 Å². The maximum Gasteiger partial charge on any atom is 0.318 e. The van der Waals surface area contributed by atoms with E-state index in [1.54, 1.807) is 12.3 Å². The molecular weight excluding hydrogens is 304 g/mol. The largest absolute Gasteiger partial charge is 0.460 e. The van der Waals surface area contributed by atoms with Gasteiger partial charge in [-0.15, -0.1) is 0 Å². The van der Waals surface area contributed by atoms with Crippen LogP contribution in [0.15, 0.2) is 59.5 Å². The fraction of sp³-hybridized carbons (Fsp3) is 0.211. The van der Waals surface area contributed by atoms with Gasteiger partial charge < -0.3 is 9.72 Å². The van der Waals surface area contributed by atoms with Gasteiger partial charge in [0.25, 0.3) is 5.56 Å². The number of esters is 1. The average molecular weight is 320 g/mol. The van der Waals surface area contributed by atoms with Gasteiger partial charge in [0.2, 0.25) is 0 Å². The van der Waals surface area contributed by atoms with Crippen molar-refractivity contribution in [2.75, 3.05) is 0 Å².